The monoisotopic (exact) mass is 419 g/mol. The van der Waals surface area contributed by atoms with E-state index in [2.05, 4.69) is 33.9 Å². The van der Waals surface area contributed by atoms with E-state index in [0.717, 1.165) is 90.2 Å². The fourth-order valence-corrected chi connectivity index (χ4v) is 4.27. The average Bonchev–Trinajstić information content (AvgIpc) is 3.24. The van der Waals surface area contributed by atoms with Crippen molar-refractivity contribution in [1.29, 1.82) is 0 Å². The van der Waals surface area contributed by atoms with Gasteiger partial charge in [-0.05, 0) is 38.8 Å². The molecule has 6 nitrogen and oxygen atoms in total. The lowest BCUT2D eigenvalue weighted by atomic mass is 10.1. The van der Waals surface area contributed by atoms with Crippen molar-refractivity contribution in [2.24, 2.45) is 10.9 Å². The first-order valence-corrected chi connectivity index (χ1v) is 11.5. The Morgan fingerprint density at radius 1 is 1.17 bits per heavy atom. The number of hydrogen-bond donors (Lipinski definition) is 1. The van der Waals surface area contributed by atoms with Gasteiger partial charge in [-0.25, -0.2) is 4.39 Å². The molecule has 1 aromatic rings. The lowest BCUT2D eigenvalue weighted by Gasteiger charge is -2.36. The number of ether oxygens (including phenoxy) is 1. The van der Waals surface area contributed by atoms with Crippen molar-refractivity contribution in [2.45, 2.75) is 26.7 Å². The van der Waals surface area contributed by atoms with Crippen LogP contribution in [0.2, 0.25) is 0 Å². The second-order valence-electron chi connectivity index (χ2n) is 8.13. The number of halogens is 1. The summed E-state index contributed by atoms with van der Waals surface area (Å²) in [6.07, 6.45) is 2.22. The molecule has 2 fully saturated rings. The third-order valence-electron chi connectivity index (χ3n) is 5.94. The Morgan fingerprint density at radius 2 is 1.97 bits per heavy atom. The van der Waals surface area contributed by atoms with Gasteiger partial charge in [0, 0.05) is 71.4 Å². The normalized spacial score (nSPS) is 20.8. The summed E-state index contributed by atoms with van der Waals surface area (Å²) in [6.45, 7) is 14.4. The first kappa shape index (κ1) is 22.8. The molecule has 0 aromatic heterocycles. The van der Waals surface area contributed by atoms with Crippen LogP contribution < -0.4 is 10.2 Å². The van der Waals surface area contributed by atoms with Crippen LogP contribution in [0.4, 0.5) is 10.1 Å². The van der Waals surface area contributed by atoms with Crippen molar-refractivity contribution in [3.8, 4) is 0 Å². The number of hydrogen-bond acceptors (Lipinski definition) is 4. The number of likely N-dealkylation sites (tertiary alicyclic amines) is 1. The highest BCUT2D eigenvalue weighted by atomic mass is 19.1. The summed E-state index contributed by atoms with van der Waals surface area (Å²) in [5.41, 5.74) is 0.727. The second-order valence-corrected chi connectivity index (χ2v) is 8.13. The Balaban J connectivity index is 1.39. The van der Waals surface area contributed by atoms with E-state index >= 15 is 0 Å². The SMILES string of the molecule is CCNC(=NCCCN1CCN(c2ccccc2F)CC1)N1CCC(COCC)C1. The Morgan fingerprint density at radius 3 is 2.70 bits per heavy atom. The largest absolute Gasteiger partial charge is 0.381 e. The number of nitrogens with zero attached hydrogens (tertiary/aromatic N) is 4. The van der Waals surface area contributed by atoms with Gasteiger partial charge in [-0.1, -0.05) is 12.1 Å². The second kappa shape index (κ2) is 12.1. The molecule has 0 spiro atoms. The van der Waals surface area contributed by atoms with Gasteiger partial charge in [-0.15, -0.1) is 0 Å². The maximum absolute atomic E-state index is 14.0. The average molecular weight is 420 g/mol. The van der Waals surface area contributed by atoms with Crippen molar-refractivity contribution >= 4 is 11.6 Å². The molecule has 2 saturated heterocycles. The number of aliphatic imine (C=N–C) groups is 1. The third-order valence-corrected chi connectivity index (χ3v) is 5.94. The molecule has 2 heterocycles. The summed E-state index contributed by atoms with van der Waals surface area (Å²) in [5.74, 6) is 1.53. The molecule has 1 aromatic carbocycles. The van der Waals surface area contributed by atoms with Crippen LogP contribution >= 0.6 is 0 Å². The maximum Gasteiger partial charge on any atom is 0.193 e. The van der Waals surface area contributed by atoms with Gasteiger partial charge in [-0.2, -0.15) is 0 Å². The van der Waals surface area contributed by atoms with Gasteiger partial charge in [0.15, 0.2) is 5.96 Å². The molecule has 0 saturated carbocycles. The predicted molar refractivity (Wildman–Crippen MR) is 122 cm³/mol. The maximum atomic E-state index is 14.0. The van der Waals surface area contributed by atoms with Gasteiger partial charge in [0.25, 0.3) is 0 Å². The van der Waals surface area contributed by atoms with E-state index in [0.29, 0.717) is 5.92 Å². The van der Waals surface area contributed by atoms with E-state index in [1.54, 1.807) is 12.1 Å². The molecule has 0 bridgehead atoms. The number of benzene rings is 1. The first-order chi connectivity index (χ1) is 14.7. The van der Waals surface area contributed by atoms with E-state index in [4.69, 9.17) is 9.73 Å². The molecule has 7 heteroatoms. The minimum Gasteiger partial charge on any atom is -0.381 e. The van der Waals surface area contributed by atoms with E-state index < -0.39 is 0 Å². The molecular formula is C23H38FN5O. The van der Waals surface area contributed by atoms with Crippen LogP contribution in [-0.2, 0) is 4.74 Å². The molecule has 2 aliphatic heterocycles. The number of guanidine groups is 1. The van der Waals surface area contributed by atoms with Gasteiger partial charge in [0.1, 0.15) is 5.82 Å². The zero-order chi connectivity index (χ0) is 21.2. The Hall–Kier alpha value is -1.86. The molecule has 0 aliphatic carbocycles. The summed E-state index contributed by atoms with van der Waals surface area (Å²) in [7, 11) is 0. The highest BCUT2D eigenvalue weighted by Gasteiger charge is 2.25. The Labute approximate surface area is 181 Å². The number of piperazine rings is 1. The third kappa shape index (κ3) is 6.57. The zero-order valence-corrected chi connectivity index (χ0v) is 18.7. The van der Waals surface area contributed by atoms with Crippen LogP contribution in [-0.4, -0.2) is 87.9 Å². The van der Waals surface area contributed by atoms with Crippen LogP contribution in [0.1, 0.15) is 26.7 Å². The van der Waals surface area contributed by atoms with Crippen LogP contribution in [0, 0.1) is 11.7 Å². The molecule has 3 rings (SSSR count). The molecule has 0 radical (unpaired) electrons. The summed E-state index contributed by atoms with van der Waals surface area (Å²) in [4.78, 5) is 11.9. The molecule has 168 valence electrons. The predicted octanol–water partition coefficient (Wildman–Crippen LogP) is 2.66. The van der Waals surface area contributed by atoms with Crippen molar-refractivity contribution < 1.29 is 9.13 Å². The van der Waals surface area contributed by atoms with Crippen LogP contribution in [0.15, 0.2) is 29.3 Å². The van der Waals surface area contributed by atoms with Crippen molar-refractivity contribution in [3.05, 3.63) is 30.1 Å². The lowest BCUT2D eigenvalue weighted by Crippen LogP contribution is -2.47. The minimum absolute atomic E-state index is 0.123. The van der Waals surface area contributed by atoms with Crippen LogP contribution in [0.3, 0.4) is 0 Å². The quantitative estimate of drug-likeness (QED) is 0.379. The van der Waals surface area contributed by atoms with Crippen molar-refractivity contribution in [1.82, 2.24) is 15.1 Å². The molecule has 1 atom stereocenters. The molecule has 0 amide bonds. The van der Waals surface area contributed by atoms with Gasteiger partial charge in [-0.3, -0.25) is 9.89 Å². The summed E-state index contributed by atoms with van der Waals surface area (Å²) < 4.78 is 19.6. The zero-order valence-electron chi connectivity index (χ0n) is 18.7. The lowest BCUT2D eigenvalue weighted by molar-refractivity contribution is 0.114. The van der Waals surface area contributed by atoms with E-state index in [1.165, 1.54) is 6.42 Å². The Kier molecular flexibility index (Phi) is 9.21. The van der Waals surface area contributed by atoms with Gasteiger partial charge in [0.05, 0.1) is 12.3 Å². The number of rotatable bonds is 9. The smallest absolute Gasteiger partial charge is 0.193 e. The number of para-hydroxylation sites is 1. The molecule has 1 N–H and O–H groups in total. The highest BCUT2D eigenvalue weighted by molar-refractivity contribution is 5.80. The number of nitrogens with one attached hydrogen (secondary N) is 1. The standard InChI is InChI=1S/C23H38FN5O/c1-3-25-23(29-13-10-20(18-29)19-30-4-2)26-11-7-12-27-14-16-28(17-15-27)22-9-6-5-8-21(22)24/h5-6,8-9,20H,3-4,7,10-19H2,1-2H3,(H,25,26). The topological polar surface area (TPSA) is 43.3 Å². The van der Waals surface area contributed by atoms with Gasteiger partial charge in [0.2, 0.25) is 0 Å². The highest BCUT2D eigenvalue weighted by Crippen LogP contribution is 2.20. The van der Waals surface area contributed by atoms with E-state index in [-0.39, 0.29) is 5.82 Å². The van der Waals surface area contributed by atoms with Gasteiger partial charge < -0.3 is 19.9 Å². The van der Waals surface area contributed by atoms with Crippen molar-refractivity contribution in [3.63, 3.8) is 0 Å². The number of anilines is 1. The molecule has 2 aliphatic rings. The Bertz CT molecular complexity index is 663. The van der Waals surface area contributed by atoms with E-state index in [1.807, 2.05) is 12.1 Å². The van der Waals surface area contributed by atoms with Gasteiger partial charge >= 0.3 is 0 Å². The first-order valence-electron chi connectivity index (χ1n) is 11.5. The minimum atomic E-state index is -0.123. The summed E-state index contributed by atoms with van der Waals surface area (Å²) >= 11 is 0. The van der Waals surface area contributed by atoms with Crippen LogP contribution in [0.5, 0.6) is 0 Å². The summed E-state index contributed by atoms with van der Waals surface area (Å²) in [5, 5.41) is 3.45. The van der Waals surface area contributed by atoms with E-state index in [9.17, 15) is 4.39 Å². The van der Waals surface area contributed by atoms with Crippen LogP contribution in [0.25, 0.3) is 0 Å². The summed E-state index contributed by atoms with van der Waals surface area (Å²) in [6, 6.07) is 7.07. The molecule has 30 heavy (non-hydrogen) atoms. The fourth-order valence-electron chi connectivity index (χ4n) is 4.27. The molecule has 1 unspecified atom stereocenters. The molecular weight excluding hydrogens is 381 g/mol. The fraction of sp³-hybridized carbons (Fsp3) is 0.696. The van der Waals surface area contributed by atoms with Crippen molar-refractivity contribution in [2.75, 3.05) is 77.0 Å².